The second kappa shape index (κ2) is 3.19. The Morgan fingerprint density at radius 2 is 2.00 bits per heavy atom. The van der Waals surface area contributed by atoms with E-state index in [1.165, 1.54) is 18.2 Å². The number of rotatable bonds is 2. The molecule has 1 heterocycles. The van der Waals surface area contributed by atoms with Gasteiger partial charge in [0.15, 0.2) is 0 Å². The van der Waals surface area contributed by atoms with Gasteiger partial charge in [-0.25, -0.2) is 0 Å². The Morgan fingerprint density at radius 3 is 2.73 bits per heavy atom. The van der Waals surface area contributed by atoms with Crippen LogP contribution in [0.2, 0.25) is 0 Å². The summed E-state index contributed by atoms with van der Waals surface area (Å²) >= 11 is 0. The number of nitrogens with zero attached hydrogens (tertiary/aromatic N) is 2. The topological polar surface area (TPSA) is 35.0 Å². The van der Waals surface area contributed by atoms with E-state index in [2.05, 4.69) is 16.0 Å². The van der Waals surface area contributed by atoms with Gasteiger partial charge in [-0.15, -0.1) is 0 Å². The highest BCUT2D eigenvalue weighted by atomic mass is 16.5. The Morgan fingerprint density at radius 1 is 1.20 bits per heavy atom. The molecule has 0 spiro atoms. The van der Waals surface area contributed by atoms with E-state index in [1.807, 2.05) is 18.2 Å². The molecule has 1 aromatic heterocycles. The van der Waals surface area contributed by atoms with E-state index in [4.69, 9.17) is 4.74 Å². The van der Waals surface area contributed by atoms with Crippen LogP contribution in [0.4, 0.5) is 0 Å². The predicted molar refractivity (Wildman–Crippen MR) is 58.1 cm³/mol. The fraction of sp³-hybridized carbons (Fsp3) is 0.333. The van der Waals surface area contributed by atoms with Crippen LogP contribution in [0.3, 0.4) is 0 Å². The molecule has 15 heavy (non-hydrogen) atoms. The van der Waals surface area contributed by atoms with Gasteiger partial charge in [0, 0.05) is 11.3 Å². The quantitative estimate of drug-likeness (QED) is 0.747. The van der Waals surface area contributed by atoms with Crippen molar-refractivity contribution in [1.82, 2.24) is 9.97 Å². The molecule has 0 saturated heterocycles. The Kier molecular flexibility index (Phi) is 1.84. The number of benzene rings is 1. The average molecular weight is 200 g/mol. The van der Waals surface area contributed by atoms with Crippen molar-refractivity contribution in [2.45, 2.75) is 18.8 Å². The minimum atomic E-state index is 0.482. The summed E-state index contributed by atoms with van der Waals surface area (Å²) in [5.41, 5.74) is 2.13. The number of para-hydroxylation sites is 1. The zero-order valence-electron chi connectivity index (χ0n) is 8.60. The maximum atomic E-state index is 5.12. The summed E-state index contributed by atoms with van der Waals surface area (Å²) in [4.78, 5) is 8.78. The number of methoxy groups -OCH3 is 1. The summed E-state index contributed by atoms with van der Waals surface area (Å²) in [6.45, 7) is 0. The molecule has 3 heteroatoms. The molecule has 0 atom stereocenters. The minimum Gasteiger partial charge on any atom is -0.467 e. The molecule has 0 radical (unpaired) electrons. The van der Waals surface area contributed by atoms with Crippen molar-refractivity contribution >= 4 is 10.9 Å². The smallest absolute Gasteiger partial charge is 0.316 e. The van der Waals surface area contributed by atoms with Gasteiger partial charge in [-0.05, 0) is 18.9 Å². The molecule has 0 amide bonds. The number of aromatic nitrogens is 2. The number of hydrogen-bond donors (Lipinski definition) is 0. The van der Waals surface area contributed by atoms with Gasteiger partial charge in [-0.3, -0.25) is 0 Å². The molecule has 0 bridgehead atoms. The fourth-order valence-corrected chi connectivity index (χ4v) is 1.84. The third kappa shape index (κ3) is 1.44. The van der Waals surface area contributed by atoms with E-state index in [1.54, 1.807) is 7.11 Å². The molecule has 1 fully saturated rings. The molecule has 1 aromatic carbocycles. The van der Waals surface area contributed by atoms with Crippen molar-refractivity contribution in [1.29, 1.82) is 0 Å². The molecule has 76 valence electrons. The second-order valence-corrected chi connectivity index (χ2v) is 3.89. The summed E-state index contributed by atoms with van der Waals surface area (Å²) in [6, 6.07) is 8.60. The highest BCUT2D eigenvalue weighted by Crippen LogP contribution is 2.42. The number of ether oxygens (including phenoxy) is 1. The molecule has 1 saturated carbocycles. The highest BCUT2D eigenvalue weighted by molar-refractivity contribution is 5.81. The molecule has 3 nitrogen and oxygen atoms in total. The van der Waals surface area contributed by atoms with Crippen molar-refractivity contribution in [2.75, 3.05) is 7.11 Å². The lowest BCUT2D eigenvalue weighted by atomic mass is 10.1. The first-order valence-corrected chi connectivity index (χ1v) is 5.19. The second-order valence-electron chi connectivity index (χ2n) is 3.89. The molecule has 0 N–H and O–H groups in total. The van der Waals surface area contributed by atoms with E-state index >= 15 is 0 Å². The fourth-order valence-electron chi connectivity index (χ4n) is 1.84. The van der Waals surface area contributed by atoms with Crippen LogP contribution < -0.4 is 4.74 Å². The van der Waals surface area contributed by atoms with Crippen molar-refractivity contribution < 1.29 is 4.74 Å². The molecular formula is C12H12N2O. The summed E-state index contributed by atoms with van der Waals surface area (Å²) in [5, 5.41) is 1.17. The maximum Gasteiger partial charge on any atom is 0.316 e. The molecule has 0 aliphatic heterocycles. The van der Waals surface area contributed by atoms with E-state index in [9.17, 15) is 0 Å². The lowest BCUT2D eigenvalue weighted by Gasteiger charge is -2.05. The van der Waals surface area contributed by atoms with Gasteiger partial charge in [0.2, 0.25) is 0 Å². The summed E-state index contributed by atoms with van der Waals surface area (Å²) in [5.74, 6) is 0.617. The lowest BCUT2D eigenvalue weighted by molar-refractivity contribution is 0.380. The maximum absolute atomic E-state index is 5.12. The molecule has 0 unspecified atom stereocenters. The summed E-state index contributed by atoms with van der Waals surface area (Å²) < 4.78 is 5.12. The Bertz CT molecular complexity index is 506. The standard InChI is InChI=1S/C12H12N2O/c1-15-12-13-10-5-3-2-4-9(10)11(14-12)8-6-7-8/h2-5,8H,6-7H2,1H3. The molecule has 2 aromatic rings. The molecule has 1 aliphatic carbocycles. The van der Waals surface area contributed by atoms with Crippen molar-refractivity contribution in [3.63, 3.8) is 0 Å². The monoisotopic (exact) mass is 200 g/mol. The number of fused-ring (bicyclic) bond motifs is 1. The van der Waals surface area contributed by atoms with Crippen LogP contribution in [0.25, 0.3) is 10.9 Å². The van der Waals surface area contributed by atoms with Gasteiger partial charge < -0.3 is 4.74 Å². The summed E-state index contributed by atoms with van der Waals surface area (Å²) in [7, 11) is 1.61. The first-order valence-electron chi connectivity index (χ1n) is 5.19. The third-order valence-electron chi connectivity index (χ3n) is 2.76. The minimum absolute atomic E-state index is 0.482. The zero-order valence-corrected chi connectivity index (χ0v) is 8.60. The van der Waals surface area contributed by atoms with Crippen LogP contribution in [0, 0.1) is 0 Å². The van der Waals surface area contributed by atoms with Crippen molar-refractivity contribution in [2.24, 2.45) is 0 Å². The van der Waals surface area contributed by atoms with Gasteiger partial charge in [-0.2, -0.15) is 9.97 Å². The Hall–Kier alpha value is -1.64. The lowest BCUT2D eigenvalue weighted by Crippen LogP contribution is -1.97. The molecular weight excluding hydrogens is 188 g/mol. The van der Waals surface area contributed by atoms with Crippen molar-refractivity contribution in [3.05, 3.63) is 30.0 Å². The molecule has 3 rings (SSSR count). The average Bonchev–Trinajstić information content (AvgIpc) is 3.11. The first kappa shape index (κ1) is 8.65. The van der Waals surface area contributed by atoms with Crippen LogP contribution in [0.1, 0.15) is 24.5 Å². The first-order chi connectivity index (χ1) is 7.38. The van der Waals surface area contributed by atoms with Gasteiger partial charge >= 0.3 is 6.01 Å². The van der Waals surface area contributed by atoms with E-state index < -0.39 is 0 Å². The van der Waals surface area contributed by atoms with Gasteiger partial charge in [0.25, 0.3) is 0 Å². The Balaban J connectivity index is 2.28. The molecule has 1 aliphatic rings. The normalized spacial score (nSPS) is 15.5. The van der Waals surface area contributed by atoms with Gasteiger partial charge in [-0.1, -0.05) is 18.2 Å². The number of hydrogen-bond acceptors (Lipinski definition) is 3. The van der Waals surface area contributed by atoms with Crippen LogP contribution in [0.15, 0.2) is 24.3 Å². The van der Waals surface area contributed by atoms with Crippen molar-refractivity contribution in [3.8, 4) is 6.01 Å². The summed E-state index contributed by atoms with van der Waals surface area (Å²) in [6.07, 6.45) is 2.48. The van der Waals surface area contributed by atoms with E-state index in [0.717, 1.165) is 11.2 Å². The Labute approximate surface area is 88.1 Å². The predicted octanol–water partition coefficient (Wildman–Crippen LogP) is 2.52. The largest absolute Gasteiger partial charge is 0.467 e. The van der Waals surface area contributed by atoms with Crippen LogP contribution >= 0.6 is 0 Å². The SMILES string of the molecule is COc1nc(C2CC2)c2ccccc2n1. The van der Waals surface area contributed by atoms with Crippen LogP contribution in [-0.4, -0.2) is 17.1 Å². The van der Waals surface area contributed by atoms with E-state index in [0.29, 0.717) is 11.9 Å². The van der Waals surface area contributed by atoms with Gasteiger partial charge in [0.05, 0.1) is 18.3 Å². The van der Waals surface area contributed by atoms with Gasteiger partial charge in [0.1, 0.15) is 0 Å². The zero-order chi connectivity index (χ0) is 10.3. The third-order valence-corrected chi connectivity index (χ3v) is 2.76. The highest BCUT2D eigenvalue weighted by Gasteiger charge is 2.27. The van der Waals surface area contributed by atoms with Crippen LogP contribution in [0.5, 0.6) is 6.01 Å². The van der Waals surface area contributed by atoms with Crippen LogP contribution in [-0.2, 0) is 0 Å². The van der Waals surface area contributed by atoms with E-state index in [-0.39, 0.29) is 0 Å².